The van der Waals surface area contributed by atoms with Gasteiger partial charge >= 0.3 is 6.18 Å². The number of nitrogen functional groups attached to an aromatic ring is 1. The molecule has 4 aromatic rings. The van der Waals surface area contributed by atoms with Gasteiger partial charge in [0.05, 0.1) is 30.9 Å². The smallest absolute Gasteiger partial charge is 0.380 e. The van der Waals surface area contributed by atoms with Crippen LogP contribution < -0.4 is 16.0 Å². The Morgan fingerprint density at radius 2 is 2.00 bits per heavy atom. The molecule has 38 heavy (non-hydrogen) atoms. The van der Waals surface area contributed by atoms with Crippen molar-refractivity contribution in [2.45, 2.75) is 24.8 Å². The number of rotatable bonds is 5. The first-order valence-electron chi connectivity index (χ1n) is 11.0. The highest BCUT2D eigenvalue weighted by Crippen LogP contribution is 2.29. The highest BCUT2D eigenvalue weighted by molar-refractivity contribution is 6.06. The second kappa shape index (κ2) is 9.07. The third kappa shape index (κ3) is 4.39. The Morgan fingerprint density at radius 3 is 2.71 bits per heavy atom. The van der Waals surface area contributed by atoms with Gasteiger partial charge < -0.3 is 25.4 Å². The molecule has 2 atom stereocenters. The van der Waals surface area contributed by atoms with E-state index in [0.717, 1.165) is 12.4 Å². The van der Waals surface area contributed by atoms with Gasteiger partial charge in [0.1, 0.15) is 5.69 Å². The van der Waals surface area contributed by atoms with Crippen LogP contribution in [0.3, 0.4) is 0 Å². The first-order chi connectivity index (χ1) is 18.0. The lowest BCUT2D eigenvalue weighted by atomic mass is 9.94. The van der Waals surface area contributed by atoms with Crippen LogP contribution in [0.4, 0.5) is 30.5 Å². The van der Waals surface area contributed by atoms with Gasteiger partial charge in [0.25, 0.3) is 11.8 Å². The van der Waals surface area contributed by atoms with Crippen molar-refractivity contribution in [3.8, 4) is 5.69 Å². The van der Waals surface area contributed by atoms with E-state index in [2.05, 4.69) is 25.5 Å². The average molecular weight is 532 g/mol. The molecule has 0 saturated carbocycles. The van der Waals surface area contributed by atoms with Crippen molar-refractivity contribution in [2.24, 2.45) is 0 Å². The van der Waals surface area contributed by atoms with Gasteiger partial charge in [-0.3, -0.25) is 14.5 Å². The van der Waals surface area contributed by atoms with E-state index in [9.17, 15) is 27.9 Å². The van der Waals surface area contributed by atoms with Gasteiger partial charge in [0.15, 0.2) is 28.9 Å². The monoisotopic (exact) mass is 532 g/mol. The normalized spacial score (nSPS) is 19.1. The molecule has 1 aromatic carbocycles. The summed E-state index contributed by atoms with van der Waals surface area (Å²) in [5, 5.41) is 21.7. The van der Waals surface area contributed by atoms with Crippen LogP contribution in [0.5, 0.6) is 0 Å². The van der Waals surface area contributed by atoms with E-state index in [-0.39, 0.29) is 36.2 Å². The number of hydrogen-bond acceptors (Lipinski definition) is 10. The number of aromatic nitrogens is 5. The van der Waals surface area contributed by atoms with E-state index in [1.165, 1.54) is 40.9 Å². The maximum absolute atomic E-state index is 13.3. The van der Waals surface area contributed by atoms with E-state index in [1.807, 2.05) is 0 Å². The lowest BCUT2D eigenvalue weighted by Crippen LogP contribution is -2.63. The zero-order valence-corrected chi connectivity index (χ0v) is 19.5. The molecule has 0 aliphatic carbocycles. The molecule has 4 N–H and O–H groups in total. The van der Waals surface area contributed by atoms with Gasteiger partial charge in [-0.05, 0) is 19.1 Å². The van der Waals surface area contributed by atoms with E-state index >= 15 is 0 Å². The fourth-order valence-corrected chi connectivity index (χ4v) is 3.88. The van der Waals surface area contributed by atoms with Crippen molar-refractivity contribution >= 4 is 40.1 Å². The number of carbonyl (C=O) groups is 2. The first kappa shape index (κ1) is 25.1. The van der Waals surface area contributed by atoms with Crippen molar-refractivity contribution in [3.05, 3.63) is 48.7 Å². The summed E-state index contributed by atoms with van der Waals surface area (Å²) in [6.07, 6.45) is -3.33. The third-order valence-electron chi connectivity index (χ3n) is 5.93. The van der Waals surface area contributed by atoms with Gasteiger partial charge in [-0.1, -0.05) is 5.16 Å². The van der Waals surface area contributed by atoms with E-state index < -0.39 is 35.5 Å². The SMILES string of the molecule is CC1(C(O)C(=O)Nc2ccc3c(N)noc3c2)OCCN(c2ccn(-c3cnc(C(F)(F)F)nc3)n2)C1=O. The molecule has 5 rings (SSSR count). The van der Waals surface area contributed by atoms with Crippen molar-refractivity contribution < 1.29 is 37.1 Å². The lowest BCUT2D eigenvalue weighted by Gasteiger charge is -2.40. The number of benzene rings is 1. The summed E-state index contributed by atoms with van der Waals surface area (Å²) >= 11 is 0. The molecule has 0 bridgehead atoms. The number of fused-ring (bicyclic) bond motifs is 1. The summed E-state index contributed by atoms with van der Waals surface area (Å²) in [6.45, 7) is 1.28. The molecule has 1 aliphatic heterocycles. The molecule has 2 unspecified atom stereocenters. The standard InChI is InChI=1S/C22H19F3N8O5/c1-21(16(34)18(35)29-11-2-3-13-14(8-11)38-31-17(13)26)20(36)32(6-7-37-21)15-4-5-33(30-15)12-9-27-19(28-10-12)22(23,24)25/h2-5,8-10,16,34H,6-7H2,1H3,(H2,26,31)(H,29,35). The third-order valence-corrected chi connectivity index (χ3v) is 5.93. The van der Waals surface area contributed by atoms with Crippen molar-refractivity contribution in [3.63, 3.8) is 0 Å². The quantitative estimate of drug-likeness (QED) is 0.342. The van der Waals surface area contributed by atoms with Crippen LogP contribution in [0, 0.1) is 0 Å². The number of alkyl halides is 3. The van der Waals surface area contributed by atoms with Crippen LogP contribution in [0.1, 0.15) is 12.7 Å². The maximum Gasteiger partial charge on any atom is 0.451 e. The number of aliphatic hydroxyl groups excluding tert-OH is 1. The number of aliphatic hydroxyl groups is 1. The minimum absolute atomic E-state index is 0.0356. The van der Waals surface area contributed by atoms with Gasteiger partial charge in [-0.2, -0.15) is 13.2 Å². The number of ether oxygens (including phenoxy) is 1. The summed E-state index contributed by atoms with van der Waals surface area (Å²) in [7, 11) is 0. The highest BCUT2D eigenvalue weighted by atomic mass is 19.4. The molecule has 0 spiro atoms. The molecule has 2 amide bonds. The molecule has 16 heteroatoms. The summed E-state index contributed by atoms with van der Waals surface area (Å²) < 4.78 is 50.0. The predicted octanol–water partition coefficient (Wildman–Crippen LogP) is 1.53. The van der Waals surface area contributed by atoms with E-state index in [4.69, 9.17) is 15.0 Å². The van der Waals surface area contributed by atoms with E-state index in [1.54, 1.807) is 6.07 Å². The number of nitrogens with one attached hydrogen (secondary N) is 1. The van der Waals surface area contributed by atoms with Crippen LogP contribution in [0.15, 0.2) is 47.4 Å². The Bertz CT molecular complexity index is 1520. The number of anilines is 3. The predicted molar refractivity (Wildman–Crippen MR) is 124 cm³/mol. The van der Waals surface area contributed by atoms with Crippen LogP contribution in [0.25, 0.3) is 16.7 Å². The number of hydrogen-bond donors (Lipinski definition) is 3. The van der Waals surface area contributed by atoms with Crippen molar-refractivity contribution in [1.82, 2.24) is 24.9 Å². The van der Waals surface area contributed by atoms with Crippen LogP contribution in [0.2, 0.25) is 0 Å². The Hall–Kier alpha value is -4.57. The Labute approximate surface area is 211 Å². The van der Waals surface area contributed by atoms with Gasteiger partial charge in [0.2, 0.25) is 5.82 Å². The number of carbonyl (C=O) groups excluding carboxylic acids is 2. The summed E-state index contributed by atoms with van der Waals surface area (Å²) in [5.41, 5.74) is 4.41. The number of amides is 2. The molecule has 198 valence electrons. The molecule has 1 aliphatic rings. The number of nitrogens with zero attached hydrogens (tertiary/aromatic N) is 6. The molecule has 1 fully saturated rings. The Kier molecular flexibility index (Phi) is 5.99. The molecule has 3 aromatic heterocycles. The maximum atomic E-state index is 13.3. The summed E-state index contributed by atoms with van der Waals surface area (Å²) in [6, 6.07) is 5.99. The zero-order valence-electron chi connectivity index (χ0n) is 19.5. The lowest BCUT2D eigenvalue weighted by molar-refractivity contribution is -0.170. The second-order valence-electron chi connectivity index (χ2n) is 8.46. The Balaban J connectivity index is 1.32. The number of nitrogens with two attached hydrogens (primary N) is 1. The summed E-state index contributed by atoms with van der Waals surface area (Å²) in [5.74, 6) is -2.67. The molecule has 1 saturated heterocycles. The fraction of sp³-hybridized carbons (Fsp3) is 0.273. The topological polar surface area (TPSA) is 175 Å². The van der Waals surface area contributed by atoms with E-state index in [0.29, 0.717) is 11.0 Å². The fourth-order valence-electron chi connectivity index (χ4n) is 3.88. The summed E-state index contributed by atoms with van der Waals surface area (Å²) in [4.78, 5) is 34.0. The van der Waals surface area contributed by atoms with Gasteiger partial charge in [-0.15, -0.1) is 5.10 Å². The minimum atomic E-state index is -4.69. The molecule has 4 heterocycles. The van der Waals surface area contributed by atoms with Gasteiger partial charge in [-0.25, -0.2) is 14.6 Å². The Morgan fingerprint density at radius 1 is 1.26 bits per heavy atom. The molecule has 13 nitrogen and oxygen atoms in total. The van der Waals surface area contributed by atoms with Crippen LogP contribution in [-0.2, 0) is 20.5 Å². The molecular weight excluding hydrogens is 513 g/mol. The van der Waals surface area contributed by atoms with Gasteiger partial charge in [0, 0.05) is 24.0 Å². The zero-order chi connectivity index (χ0) is 27.2. The minimum Gasteiger partial charge on any atom is -0.380 e. The number of morpholine rings is 1. The first-order valence-corrected chi connectivity index (χ1v) is 11.0. The van der Waals surface area contributed by atoms with Crippen LogP contribution >= 0.6 is 0 Å². The number of halogens is 3. The van der Waals surface area contributed by atoms with Crippen molar-refractivity contribution in [1.29, 1.82) is 0 Å². The highest BCUT2D eigenvalue weighted by Gasteiger charge is 2.51. The molecular formula is C22H19F3N8O5. The van der Waals surface area contributed by atoms with Crippen molar-refractivity contribution in [2.75, 3.05) is 29.1 Å². The molecule has 0 radical (unpaired) electrons. The average Bonchev–Trinajstić information content (AvgIpc) is 3.52. The second-order valence-corrected chi connectivity index (χ2v) is 8.46. The van der Waals surface area contributed by atoms with Crippen LogP contribution in [-0.4, -0.2) is 66.7 Å². The largest absolute Gasteiger partial charge is 0.451 e.